The van der Waals surface area contributed by atoms with Gasteiger partial charge in [0.25, 0.3) is 0 Å². The van der Waals surface area contributed by atoms with Gasteiger partial charge < -0.3 is 24.5 Å². The quantitative estimate of drug-likeness (QED) is 0.156. The molecule has 0 spiro atoms. The SMILES string of the molecule is CCCC(CCC)COC(=O)[C@H](Cc1ccccc1)NP(=O)(OC[C@H]1OC[C@@H](n2ccc(N)nc2=O)O1)Oc1ccccc1. The molecule has 1 unspecified atom stereocenters. The minimum Gasteiger partial charge on any atom is -0.464 e. The predicted octanol–water partition coefficient (Wildman–Crippen LogP) is 4.86. The molecule has 3 aromatic rings. The summed E-state index contributed by atoms with van der Waals surface area (Å²) in [7, 11) is -4.23. The van der Waals surface area contributed by atoms with Crippen LogP contribution in [0, 0.1) is 5.92 Å². The molecule has 1 aliphatic rings. The first-order chi connectivity index (χ1) is 21.3. The van der Waals surface area contributed by atoms with Crippen molar-refractivity contribution in [2.45, 2.75) is 64.5 Å². The Balaban J connectivity index is 1.50. The van der Waals surface area contributed by atoms with Crippen molar-refractivity contribution >= 4 is 19.5 Å². The molecule has 1 aliphatic heterocycles. The lowest BCUT2D eigenvalue weighted by Crippen LogP contribution is -2.40. The Bertz CT molecular complexity index is 1420. The van der Waals surface area contributed by atoms with Crippen LogP contribution in [0.15, 0.2) is 77.7 Å². The van der Waals surface area contributed by atoms with Crippen molar-refractivity contribution in [3.63, 3.8) is 0 Å². The number of carbonyl (C=O) groups is 1. The molecule has 3 N–H and O–H groups in total. The second kappa shape index (κ2) is 16.5. The van der Waals surface area contributed by atoms with Crippen LogP contribution < -0.4 is 21.0 Å². The van der Waals surface area contributed by atoms with Gasteiger partial charge in [-0.25, -0.2) is 9.36 Å². The summed E-state index contributed by atoms with van der Waals surface area (Å²) in [6.07, 6.45) is 3.72. The molecular weight excluding hydrogens is 587 g/mol. The number of benzene rings is 2. The molecule has 2 heterocycles. The van der Waals surface area contributed by atoms with Crippen molar-refractivity contribution in [3.05, 3.63) is 89.0 Å². The molecule has 0 amide bonds. The highest BCUT2D eigenvalue weighted by Crippen LogP contribution is 2.45. The van der Waals surface area contributed by atoms with Gasteiger partial charge in [-0.1, -0.05) is 75.2 Å². The number of hydrogen-bond donors (Lipinski definition) is 2. The Kier molecular flexibility index (Phi) is 12.5. The highest BCUT2D eigenvalue weighted by Gasteiger charge is 2.37. The van der Waals surface area contributed by atoms with Crippen LogP contribution in [-0.2, 0) is 34.5 Å². The monoisotopic (exact) mass is 628 g/mol. The van der Waals surface area contributed by atoms with E-state index in [4.69, 9.17) is 29.0 Å². The largest absolute Gasteiger partial charge is 0.464 e. The molecule has 0 saturated carbocycles. The molecule has 238 valence electrons. The average Bonchev–Trinajstić information content (AvgIpc) is 3.48. The van der Waals surface area contributed by atoms with E-state index in [1.165, 1.54) is 16.8 Å². The van der Waals surface area contributed by atoms with Crippen molar-refractivity contribution in [2.24, 2.45) is 5.92 Å². The average molecular weight is 629 g/mol. The smallest absolute Gasteiger partial charge is 0.459 e. The number of rotatable bonds is 17. The minimum atomic E-state index is -4.23. The van der Waals surface area contributed by atoms with E-state index >= 15 is 0 Å². The Morgan fingerprint density at radius 1 is 1.09 bits per heavy atom. The first-order valence-electron chi connectivity index (χ1n) is 14.9. The Hall–Kier alpha value is -3.54. The van der Waals surface area contributed by atoms with Gasteiger partial charge >= 0.3 is 19.4 Å². The Labute approximate surface area is 257 Å². The van der Waals surface area contributed by atoms with Gasteiger partial charge in [-0.15, -0.1) is 0 Å². The summed E-state index contributed by atoms with van der Waals surface area (Å²) in [6.45, 7) is 4.17. The fourth-order valence-corrected chi connectivity index (χ4v) is 6.32. The number of para-hydroxylation sites is 1. The molecule has 1 fully saturated rings. The fourth-order valence-electron chi connectivity index (χ4n) is 4.84. The van der Waals surface area contributed by atoms with E-state index in [1.807, 2.05) is 30.3 Å². The Morgan fingerprint density at radius 3 is 2.43 bits per heavy atom. The van der Waals surface area contributed by atoms with Crippen molar-refractivity contribution in [1.82, 2.24) is 14.6 Å². The van der Waals surface area contributed by atoms with Gasteiger partial charge in [-0.2, -0.15) is 10.1 Å². The zero-order chi connectivity index (χ0) is 31.4. The van der Waals surface area contributed by atoms with E-state index in [1.54, 1.807) is 30.3 Å². The van der Waals surface area contributed by atoms with Gasteiger partial charge in [-0.05, 0) is 48.9 Å². The summed E-state index contributed by atoms with van der Waals surface area (Å²) in [6, 6.07) is 18.3. The molecule has 4 atom stereocenters. The second-order valence-corrected chi connectivity index (χ2v) is 12.2. The predicted molar refractivity (Wildman–Crippen MR) is 165 cm³/mol. The van der Waals surface area contributed by atoms with Crippen molar-refractivity contribution in [1.29, 1.82) is 0 Å². The molecule has 1 aromatic heterocycles. The summed E-state index contributed by atoms with van der Waals surface area (Å²) in [5.74, 6) is 0.0372. The maximum Gasteiger partial charge on any atom is 0.459 e. The normalized spacial score (nSPS) is 18.5. The summed E-state index contributed by atoms with van der Waals surface area (Å²) in [5, 5.41) is 2.84. The van der Waals surface area contributed by atoms with Crippen LogP contribution in [0.1, 0.15) is 51.3 Å². The van der Waals surface area contributed by atoms with Crippen LogP contribution in [0.4, 0.5) is 5.82 Å². The van der Waals surface area contributed by atoms with Crippen LogP contribution >= 0.6 is 7.75 Å². The van der Waals surface area contributed by atoms with Gasteiger partial charge in [0.1, 0.15) is 24.2 Å². The van der Waals surface area contributed by atoms with Crippen LogP contribution in [0.2, 0.25) is 0 Å². The molecule has 1 saturated heterocycles. The van der Waals surface area contributed by atoms with E-state index in [2.05, 4.69) is 23.9 Å². The molecule has 4 rings (SSSR count). The van der Waals surface area contributed by atoms with Crippen LogP contribution in [0.3, 0.4) is 0 Å². The molecule has 0 bridgehead atoms. The van der Waals surface area contributed by atoms with Crippen molar-refractivity contribution < 1.29 is 32.6 Å². The van der Waals surface area contributed by atoms with Crippen LogP contribution in [0.5, 0.6) is 5.75 Å². The third-order valence-corrected chi connectivity index (χ3v) is 8.55. The fraction of sp³-hybridized carbons (Fsp3) is 0.452. The lowest BCUT2D eigenvalue weighted by molar-refractivity contribution is -0.147. The number of carbonyl (C=O) groups excluding carboxylic acids is 1. The number of nitrogens with one attached hydrogen (secondary N) is 1. The first kappa shape index (κ1) is 33.4. The van der Waals surface area contributed by atoms with E-state index in [9.17, 15) is 14.2 Å². The number of nitrogen functional groups attached to an aromatic ring is 1. The number of anilines is 1. The highest BCUT2D eigenvalue weighted by molar-refractivity contribution is 7.52. The third-order valence-electron chi connectivity index (χ3n) is 6.98. The number of hydrogen-bond acceptors (Lipinski definition) is 10. The molecule has 12 nitrogen and oxygen atoms in total. The van der Waals surface area contributed by atoms with Gasteiger partial charge in [0.2, 0.25) is 0 Å². The lowest BCUT2D eigenvalue weighted by Gasteiger charge is -2.26. The molecule has 0 radical (unpaired) electrons. The molecule has 2 aromatic carbocycles. The van der Waals surface area contributed by atoms with Crippen LogP contribution in [-0.4, -0.2) is 47.7 Å². The molecular formula is C31H41N4O8P. The standard InChI is InChI=1S/C31H41N4O8P/c1-3-11-24(12-4-2)20-40-30(36)26(19-23-13-7-5-8-14-23)34-44(38,43-25-15-9-6-10-16-25)41-22-29-39-21-28(42-29)35-18-17-27(32)33-31(35)37/h5-10,13-18,24,26,28-29H,3-4,11-12,19-22H2,1-2H3,(H,34,38)(H2,32,33,37)/t26-,28-,29-,44?/m0/s1. The second-order valence-electron chi connectivity index (χ2n) is 10.5. The van der Waals surface area contributed by atoms with Gasteiger partial charge in [0.15, 0.2) is 12.5 Å². The number of aromatic nitrogens is 2. The van der Waals surface area contributed by atoms with Gasteiger partial charge in [0, 0.05) is 6.20 Å². The van der Waals surface area contributed by atoms with E-state index in [-0.39, 0.29) is 43.7 Å². The van der Waals surface area contributed by atoms with E-state index in [0.29, 0.717) is 0 Å². The minimum absolute atomic E-state index is 0.0243. The molecule has 44 heavy (non-hydrogen) atoms. The third kappa shape index (κ3) is 10.0. The maximum atomic E-state index is 14.3. The Morgan fingerprint density at radius 2 is 1.77 bits per heavy atom. The highest BCUT2D eigenvalue weighted by atomic mass is 31.2. The van der Waals surface area contributed by atoms with E-state index < -0.39 is 38.0 Å². The lowest BCUT2D eigenvalue weighted by atomic mass is 9.99. The van der Waals surface area contributed by atoms with Gasteiger partial charge in [-0.3, -0.25) is 13.9 Å². The summed E-state index contributed by atoms with van der Waals surface area (Å²) >= 11 is 0. The zero-order valence-corrected chi connectivity index (χ0v) is 26.0. The van der Waals surface area contributed by atoms with Crippen molar-refractivity contribution in [3.8, 4) is 5.75 Å². The van der Waals surface area contributed by atoms with Crippen LogP contribution in [0.25, 0.3) is 0 Å². The molecule has 13 heteroatoms. The number of esters is 1. The summed E-state index contributed by atoms with van der Waals surface area (Å²) in [4.78, 5) is 29.4. The number of nitrogens with two attached hydrogens (primary N) is 1. The van der Waals surface area contributed by atoms with E-state index in [0.717, 1.165) is 31.2 Å². The topological polar surface area (TPSA) is 153 Å². The molecule has 0 aliphatic carbocycles. The zero-order valence-electron chi connectivity index (χ0n) is 25.1. The van der Waals surface area contributed by atoms with Crippen molar-refractivity contribution in [2.75, 3.05) is 25.6 Å². The first-order valence-corrected chi connectivity index (χ1v) is 16.4. The number of nitrogens with zero attached hydrogens (tertiary/aromatic N) is 2. The van der Waals surface area contributed by atoms with Gasteiger partial charge in [0.05, 0.1) is 13.2 Å². The summed E-state index contributed by atoms with van der Waals surface area (Å²) < 4.78 is 44.4. The maximum absolute atomic E-state index is 14.3. The number of ether oxygens (including phenoxy) is 3. The summed E-state index contributed by atoms with van der Waals surface area (Å²) in [5.41, 5.74) is 5.82.